The first-order chi connectivity index (χ1) is 11.1. The molecule has 1 aliphatic heterocycles. The highest BCUT2D eigenvalue weighted by atomic mass is 32.1. The van der Waals surface area contributed by atoms with Crippen molar-refractivity contribution in [1.82, 2.24) is 19.9 Å². The lowest BCUT2D eigenvalue weighted by Gasteiger charge is -2.33. The summed E-state index contributed by atoms with van der Waals surface area (Å²) in [5.74, 6) is 0.926. The van der Waals surface area contributed by atoms with Crippen molar-refractivity contribution in [2.75, 3.05) is 45.2 Å². The number of thiazole rings is 1. The maximum Gasteiger partial charge on any atom is 0.350 e. The van der Waals surface area contributed by atoms with Gasteiger partial charge < -0.3 is 14.5 Å². The van der Waals surface area contributed by atoms with Gasteiger partial charge in [-0.15, -0.1) is 11.3 Å². The van der Waals surface area contributed by atoms with Gasteiger partial charge in [-0.1, -0.05) is 0 Å². The van der Waals surface area contributed by atoms with Gasteiger partial charge in [-0.25, -0.2) is 19.7 Å². The van der Waals surface area contributed by atoms with Crippen LogP contribution < -0.4 is 4.90 Å². The third-order valence-electron chi connectivity index (χ3n) is 3.78. The SMILES string of the molecule is COC(=O)c1sc(C)nc1-c1nccc(N2CCN(C)CC2)n1. The summed E-state index contributed by atoms with van der Waals surface area (Å²) in [6.07, 6.45) is 1.71. The minimum absolute atomic E-state index is 0.404. The Morgan fingerprint density at radius 2 is 2.00 bits per heavy atom. The number of nitrogens with zero attached hydrogens (tertiary/aromatic N) is 5. The third-order valence-corrected chi connectivity index (χ3v) is 4.74. The molecule has 7 nitrogen and oxygen atoms in total. The zero-order valence-electron chi connectivity index (χ0n) is 13.4. The number of aromatic nitrogens is 3. The standard InChI is InChI=1S/C15H19N5O2S/c1-10-17-12(13(23-10)15(21)22-3)14-16-5-4-11(18-14)20-8-6-19(2)7-9-20/h4-5H,6-9H2,1-3H3. The number of piperazine rings is 1. The quantitative estimate of drug-likeness (QED) is 0.787. The monoisotopic (exact) mass is 333 g/mol. The maximum atomic E-state index is 11.9. The lowest BCUT2D eigenvalue weighted by molar-refractivity contribution is 0.0607. The van der Waals surface area contributed by atoms with E-state index in [1.54, 1.807) is 6.20 Å². The van der Waals surface area contributed by atoms with E-state index in [1.807, 2.05) is 13.0 Å². The molecule has 0 unspecified atom stereocenters. The first kappa shape index (κ1) is 15.8. The number of esters is 1. The van der Waals surface area contributed by atoms with Crippen LogP contribution in [0.3, 0.4) is 0 Å². The summed E-state index contributed by atoms with van der Waals surface area (Å²) in [6.45, 7) is 5.70. The molecule has 0 spiro atoms. The summed E-state index contributed by atoms with van der Waals surface area (Å²) in [5, 5.41) is 0.786. The Balaban J connectivity index is 1.93. The molecule has 0 atom stereocenters. The largest absolute Gasteiger partial charge is 0.465 e. The van der Waals surface area contributed by atoms with E-state index >= 15 is 0 Å². The Bertz CT molecular complexity index is 710. The van der Waals surface area contributed by atoms with Crippen molar-refractivity contribution in [2.24, 2.45) is 0 Å². The normalized spacial score (nSPS) is 15.7. The number of rotatable bonds is 3. The summed E-state index contributed by atoms with van der Waals surface area (Å²) in [7, 11) is 3.48. The summed E-state index contributed by atoms with van der Waals surface area (Å²) in [5.41, 5.74) is 0.496. The summed E-state index contributed by atoms with van der Waals surface area (Å²) >= 11 is 1.30. The van der Waals surface area contributed by atoms with Crippen LogP contribution in [-0.4, -0.2) is 66.2 Å². The van der Waals surface area contributed by atoms with E-state index in [0.29, 0.717) is 16.4 Å². The van der Waals surface area contributed by atoms with Gasteiger partial charge in [0, 0.05) is 32.4 Å². The number of methoxy groups -OCH3 is 1. The summed E-state index contributed by atoms with van der Waals surface area (Å²) < 4.78 is 4.83. The highest BCUT2D eigenvalue weighted by molar-refractivity contribution is 7.14. The fraction of sp³-hybridized carbons (Fsp3) is 0.467. The lowest BCUT2D eigenvalue weighted by atomic mass is 10.3. The second-order valence-corrected chi connectivity index (χ2v) is 6.63. The first-order valence-electron chi connectivity index (χ1n) is 7.41. The van der Waals surface area contributed by atoms with E-state index in [-0.39, 0.29) is 0 Å². The molecular formula is C15H19N5O2S. The minimum atomic E-state index is -0.404. The molecule has 3 heterocycles. The van der Waals surface area contributed by atoms with Gasteiger partial charge in [0.2, 0.25) is 0 Å². The van der Waals surface area contributed by atoms with Gasteiger partial charge in [0.05, 0.1) is 12.1 Å². The molecule has 0 aromatic carbocycles. The molecule has 23 heavy (non-hydrogen) atoms. The predicted molar refractivity (Wildman–Crippen MR) is 88.9 cm³/mol. The van der Waals surface area contributed by atoms with Gasteiger partial charge in [-0.2, -0.15) is 0 Å². The van der Waals surface area contributed by atoms with Crippen molar-refractivity contribution >= 4 is 23.1 Å². The van der Waals surface area contributed by atoms with Gasteiger partial charge in [-0.3, -0.25) is 0 Å². The smallest absolute Gasteiger partial charge is 0.350 e. The average molecular weight is 333 g/mol. The van der Waals surface area contributed by atoms with E-state index in [9.17, 15) is 4.79 Å². The van der Waals surface area contributed by atoms with E-state index < -0.39 is 5.97 Å². The molecule has 0 radical (unpaired) electrons. The van der Waals surface area contributed by atoms with Crippen LogP contribution in [0.4, 0.5) is 5.82 Å². The molecule has 2 aromatic rings. The van der Waals surface area contributed by atoms with Crippen molar-refractivity contribution < 1.29 is 9.53 Å². The van der Waals surface area contributed by atoms with Crippen LogP contribution in [0.15, 0.2) is 12.3 Å². The number of ether oxygens (including phenoxy) is 1. The highest BCUT2D eigenvalue weighted by Crippen LogP contribution is 2.27. The molecule has 0 aliphatic carbocycles. The first-order valence-corrected chi connectivity index (χ1v) is 8.23. The number of hydrogen-bond acceptors (Lipinski definition) is 8. The Labute approximate surface area is 138 Å². The third kappa shape index (κ3) is 3.32. The predicted octanol–water partition coefficient (Wildman–Crippen LogP) is 1.45. The van der Waals surface area contributed by atoms with Crippen molar-refractivity contribution in [1.29, 1.82) is 0 Å². The molecule has 1 aliphatic rings. The van der Waals surface area contributed by atoms with E-state index in [2.05, 4.69) is 31.8 Å². The topological polar surface area (TPSA) is 71.5 Å². The van der Waals surface area contributed by atoms with Gasteiger partial charge in [-0.05, 0) is 20.0 Å². The molecule has 2 aromatic heterocycles. The zero-order valence-corrected chi connectivity index (χ0v) is 14.3. The minimum Gasteiger partial charge on any atom is -0.465 e. The van der Waals surface area contributed by atoms with Crippen LogP contribution >= 0.6 is 11.3 Å². The molecule has 8 heteroatoms. The maximum absolute atomic E-state index is 11.9. The van der Waals surface area contributed by atoms with Crippen LogP contribution in [0, 0.1) is 6.92 Å². The molecule has 1 saturated heterocycles. The van der Waals surface area contributed by atoms with E-state index in [1.165, 1.54) is 18.4 Å². The van der Waals surface area contributed by atoms with Crippen LogP contribution in [0.1, 0.15) is 14.7 Å². The Morgan fingerprint density at radius 3 is 2.70 bits per heavy atom. The molecule has 0 amide bonds. The van der Waals surface area contributed by atoms with Crippen LogP contribution in [-0.2, 0) is 4.74 Å². The molecule has 1 fully saturated rings. The Morgan fingerprint density at radius 1 is 1.26 bits per heavy atom. The second kappa shape index (κ2) is 6.59. The summed E-state index contributed by atoms with van der Waals surface area (Å²) in [6, 6.07) is 1.89. The van der Waals surface area contributed by atoms with Crippen molar-refractivity contribution in [2.45, 2.75) is 6.92 Å². The molecule has 3 rings (SSSR count). The van der Waals surface area contributed by atoms with Crippen LogP contribution in [0.5, 0.6) is 0 Å². The van der Waals surface area contributed by atoms with E-state index in [0.717, 1.165) is 37.0 Å². The van der Waals surface area contributed by atoms with Crippen LogP contribution in [0.2, 0.25) is 0 Å². The fourth-order valence-corrected chi connectivity index (χ4v) is 3.32. The lowest BCUT2D eigenvalue weighted by Crippen LogP contribution is -2.44. The van der Waals surface area contributed by atoms with Crippen molar-refractivity contribution in [3.8, 4) is 11.5 Å². The number of likely N-dealkylation sites (N-methyl/N-ethyl adjacent to an activating group) is 1. The van der Waals surface area contributed by atoms with Gasteiger partial charge in [0.15, 0.2) is 5.82 Å². The van der Waals surface area contributed by atoms with Gasteiger partial charge in [0.25, 0.3) is 0 Å². The zero-order chi connectivity index (χ0) is 16.4. The fourth-order valence-electron chi connectivity index (χ4n) is 2.48. The number of anilines is 1. The van der Waals surface area contributed by atoms with Gasteiger partial charge in [0.1, 0.15) is 16.4 Å². The van der Waals surface area contributed by atoms with Crippen molar-refractivity contribution in [3.63, 3.8) is 0 Å². The molecule has 0 saturated carbocycles. The molecular weight excluding hydrogens is 314 g/mol. The second-order valence-electron chi connectivity index (χ2n) is 5.43. The van der Waals surface area contributed by atoms with Crippen LogP contribution in [0.25, 0.3) is 11.5 Å². The summed E-state index contributed by atoms with van der Waals surface area (Å²) in [4.78, 5) is 30.2. The van der Waals surface area contributed by atoms with Gasteiger partial charge >= 0.3 is 5.97 Å². The Kier molecular flexibility index (Phi) is 4.53. The molecule has 0 N–H and O–H groups in total. The number of hydrogen-bond donors (Lipinski definition) is 0. The number of aryl methyl sites for hydroxylation is 1. The number of carbonyl (C=O) groups excluding carboxylic acids is 1. The van der Waals surface area contributed by atoms with Crippen molar-refractivity contribution in [3.05, 3.63) is 22.1 Å². The number of carbonyl (C=O) groups is 1. The Hall–Kier alpha value is -2.06. The van der Waals surface area contributed by atoms with E-state index in [4.69, 9.17) is 4.74 Å². The molecule has 0 bridgehead atoms. The molecule has 122 valence electrons. The highest BCUT2D eigenvalue weighted by Gasteiger charge is 2.22. The average Bonchev–Trinajstić information content (AvgIpc) is 2.97.